The number of hydrogen-bond acceptors (Lipinski definition) is 13. The van der Waals surface area contributed by atoms with E-state index in [1.807, 2.05) is 60.7 Å². The topological polar surface area (TPSA) is 209 Å². The van der Waals surface area contributed by atoms with E-state index in [2.05, 4.69) is 34.7 Å². The van der Waals surface area contributed by atoms with Crippen LogP contribution in [-0.4, -0.2) is 133 Å². The summed E-state index contributed by atoms with van der Waals surface area (Å²) < 4.78 is 39.9. The zero-order valence-electron chi connectivity index (χ0n) is 37.1. The number of carbonyl (C=O) groups is 5. The number of fused-ring (bicyclic) bond motifs is 2. The first-order valence-corrected chi connectivity index (χ1v) is 22.9. The fourth-order valence-electron chi connectivity index (χ4n) is 10.1. The highest BCUT2D eigenvalue weighted by atomic mass is 19.4. The normalized spacial score (nSPS) is 21.9. The predicted octanol–water partition coefficient (Wildman–Crippen LogP) is 5.92. The number of nitrogens with two attached hydrogens (primary N) is 1. The number of imide groups is 2. The third kappa shape index (κ3) is 9.73. The fourth-order valence-corrected chi connectivity index (χ4v) is 10.1. The van der Waals surface area contributed by atoms with Gasteiger partial charge >= 0.3 is 12.1 Å². The number of hydrogen-bond donors (Lipinski definition) is 3. The summed E-state index contributed by atoms with van der Waals surface area (Å²) in [7, 11) is 0. The van der Waals surface area contributed by atoms with Crippen molar-refractivity contribution in [3.05, 3.63) is 90.3 Å². The summed E-state index contributed by atoms with van der Waals surface area (Å²) in [6.45, 7) is 6.88. The number of aliphatic carboxylic acids is 1. The number of piperazine rings is 1. The van der Waals surface area contributed by atoms with Crippen LogP contribution in [0.3, 0.4) is 0 Å². The molecule has 4 N–H and O–H groups in total. The summed E-state index contributed by atoms with van der Waals surface area (Å²) >= 11 is 0. The zero-order valence-corrected chi connectivity index (χ0v) is 37.1. The quantitative estimate of drug-likeness (QED) is 0.147. The molecule has 0 radical (unpaired) electrons. The maximum atomic E-state index is 13.4. The third-order valence-corrected chi connectivity index (χ3v) is 13.7. The number of alkyl halides is 3. The molecule has 3 saturated heterocycles. The second-order valence-corrected chi connectivity index (χ2v) is 17.9. The number of nitrogens with one attached hydrogen (secondary N) is 1. The minimum Gasteiger partial charge on any atom is -0.475 e. The average Bonchev–Trinajstić information content (AvgIpc) is 3.85. The number of carbonyl (C=O) groups excluding carboxylic acids is 4. The molecule has 5 aliphatic rings. The molecule has 1 saturated carbocycles. The van der Waals surface area contributed by atoms with E-state index < -0.39 is 35.9 Å². The molecule has 4 amide bonds. The lowest BCUT2D eigenvalue weighted by Gasteiger charge is -2.43. The number of rotatable bonds is 9. The van der Waals surface area contributed by atoms with Crippen molar-refractivity contribution in [2.75, 3.05) is 56.4 Å². The molecule has 3 aromatic carbocycles. The maximum absolute atomic E-state index is 13.4. The van der Waals surface area contributed by atoms with Crippen LogP contribution in [0.25, 0.3) is 22.3 Å². The first-order chi connectivity index (χ1) is 32.7. The Hall–Kier alpha value is -6.93. The van der Waals surface area contributed by atoms with E-state index in [9.17, 15) is 32.3 Å². The first kappa shape index (κ1) is 46.2. The number of halogens is 3. The number of piperidine rings is 2. The standard InChI is InChI=1S/C46H50N10O5.C2HF3O2/c47-42-40-41(30-6-13-35(14-7-30)61-34-4-2-1-3-5-34)51-56(43(40)49-28-48-42)32-10-8-31(9-11-32)53-20-18-29(19-21-53)27-52-22-24-54(25-23-52)33-12-15-36-37(26-33)46(60)55(45(36)59)38-16-17-39(57)50-44(38)58;3-2(4,5)1(6)7/h1-7,12-15,26,28-29,31-32,38H,8-11,16-25,27H2,(H2,47,48,49)(H,50,57,58);(H,6,7). The van der Waals surface area contributed by atoms with Gasteiger partial charge in [-0.2, -0.15) is 18.3 Å². The largest absolute Gasteiger partial charge is 0.490 e. The van der Waals surface area contributed by atoms with Crippen LogP contribution in [0.1, 0.15) is 78.1 Å². The Labute approximate surface area is 389 Å². The Balaban J connectivity index is 0.000000767. The lowest BCUT2D eigenvalue weighted by Crippen LogP contribution is -2.54. The van der Waals surface area contributed by atoms with Crippen molar-refractivity contribution in [1.29, 1.82) is 0 Å². The van der Waals surface area contributed by atoms with Crippen LogP contribution in [0, 0.1) is 5.92 Å². The van der Waals surface area contributed by atoms with Crippen LogP contribution in [0.5, 0.6) is 11.5 Å². The van der Waals surface area contributed by atoms with Gasteiger partial charge in [0.25, 0.3) is 11.8 Å². The van der Waals surface area contributed by atoms with Crippen molar-refractivity contribution < 1.29 is 47.0 Å². The molecule has 20 heteroatoms. The number of aromatic nitrogens is 4. The molecular formula is C48H51F3N10O7. The lowest BCUT2D eigenvalue weighted by atomic mass is 9.87. The molecule has 0 spiro atoms. The molecule has 2 aromatic heterocycles. The summed E-state index contributed by atoms with van der Waals surface area (Å²) in [6.07, 6.45) is 3.41. The van der Waals surface area contributed by atoms with Crippen LogP contribution in [-0.2, 0) is 14.4 Å². The van der Waals surface area contributed by atoms with Gasteiger partial charge in [0.1, 0.15) is 35.4 Å². The molecule has 0 bridgehead atoms. The van der Waals surface area contributed by atoms with E-state index in [0.29, 0.717) is 28.9 Å². The van der Waals surface area contributed by atoms with Gasteiger partial charge in [0, 0.05) is 56.4 Å². The average molecular weight is 937 g/mol. The van der Waals surface area contributed by atoms with Crippen LogP contribution >= 0.6 is 0 Å². The van der Waals surface area contributed by atoms with Gasteiger partial charge in [-0.1, -0.05) is 18.2 Å². The molecule has 4 aliphatic heterocycles. The second-order valence-electron chi connectivity index (χ2n) is 17.9. The van der Waals surface area contributed by atoms with Crippen molar-refractivity contribution in [3.63, 3.8) is 0 Å². The van der Waals surface area contributed by atoms with Crippen molar-refractivity contribution in [2.45, 2.75) is 75.7 Å². The van der Waals surface area contributed by atoms with Crippen molar-refractivity contribution in [1.82, 2.24) is 39.8 Å². The number of carboxylic acid groups (broad SMARTS) is 1. The van der Waals surface area contributed by atoms with Crippen molar-refractivity contribution >= 4 is 52.1 Å². The molecule has 17 nitrogen and oxygen atoms in total. The fraction of sp³-hybridized carbons (Fsp3) is 0.417. The highest BCUT2D eigenvalue weighted by Crippen LogP contribution is 2.39. The summed E-state index contributed by atoms with van der Waals surface area (Å²) in [5.74, 6) is -2.04. The van der Waals surface area contributed by atoms with Gasteiger partial charge in [0.15, 0.2) is 5.65 Å². The molecule has 6 heterocycles. The molecule has 1 aliphatic carbocycles. The Morgan fingerprint density at radius 3 is 2.09 bits per heavy atom. The first-order valence-electron chi connectivity index (χ1n) is 22.9. The second kappa shape index (κ2) is 19.4. The highest BCUT2D eigenvalue weighted by molar-refractivity contribution is 6.23. The van der Waals surface area contributed by atoms with E-state index in [1.165, 1.54) is 19.2 Å². The molecule has 1 atom stereocenters. The molecule has 1 unspecified atom stereocenters. The number of likely N-dealkylation sites (tertiary alicyclic amines) is 1. The SMILES string of the molecule is Nc1ncnc2c1c(-c1ccc(Oc3ccccc3)cc1)nn2C1CCC(N2CCC(CN3CCN(c4ccc5c(c4)C(=O)N(C4CCC(=O)NC4=O)C5=O)CC3)CC2)CC1.O=C(O)C(F)(F)F. The number of ether oxygens (including phenoxy) is 1. The third-order valence-electron chi connectivity index (χ3n) is 13.7. The number of nitrogens with zero attached hydrogens (tertiary/aromatic N) is 8. The van der Waals surface area contributed by atoms with Gasteiger partial charge in [-0.15, -0.1) is 0 Å². The lowest BCUT2D eigenvalue weighted by molar-refractivity contribution is -0.192. The monoisotopic (exact) mass is 936 g/mol. The summed E-state index contributed by atoms with van der Waals surface area (Å²) in [6, 6.07) is 22.9. The Morgan fingerprint density at radius 1 is 0.779 bits per heavy atom. The van der Waals surface area contributed by atoms with Crippen LogP contribution < -0.4 is 20.7 Å². The van der Waals surface area contributed by atoms with E-state index in [0.717, 1.165) is 116 Å². The molecule has 68 heavy (non-hydrogen) atoms. The van der Waals surface area contributed by atoms with Gasteiger partial charge in [0.05, 0.1) is 22.6 Å². The van der Waals surface area contributed by atoms with Crippen LogP contribution in [0.2, 0.25) is 0 Å². The van der Waals surface area contributed by atoms with Crippen LogP contribution in [0.4, 0.5) is 24.7 Å². The van der Waals surface area contributed by atoms with E-state index >= 15 is 0 Å². The van der Waals surface area contributed by atoms with Gasteiger partial charge in [-0.3, -0.25) is 34.3 Å². The minimum absolute atomic E-state index is 0.102. The smallest absolute Gasteiger partial charge is 0.475 e. The number of amides is 4. The Kier molecular flexibility index (Phi) is 13.1. The number of para-hydroxylation sites is 1. The molecular weight excluding hydrogens is 886 g/mol. The molecule has 356 valence electrons. The van der Waals surface area contributed by atoms with Gasteiger partial charge in [0.2, 0.25) is 11.8 Å². The number of nitrogen functional groups attached to an aromatic ring is 1. The molecule has 4 fully saturated rings. The Morgan fingerprint density at radius 2 is 1.43 bits per heavy atom. The van der Waals surface area contributed by atoms with Gasteiger partial charge in [-0.05, 0) is 119 Å². The Bertz CT molecular complexity index is 2690. The van der Waals surface area contributed by atoms with Crippen molar-refractivity contribution in [2.24, 2.45) is 5.92 Å². The maximum Gasteiger partial charge on any atom is 0.490 e. The van der Waals surface area contributed by atoms with E-state index in [-0.39, 0.29) is 24.8 Å². The summed E-state index contributed by atoms with van der Waals surface area (Å²) in [4.78, 5) is 77.2. The highest BCUT2D eigenvalue weighted by Gasteiger charge is 2.45. The van der Waals surface area contributed by atoms with Gasteiger partial charge in [-0.25, -0.2) is 19.4 Å². The number of anilines is 2. The van der Waals surface area contributed by atoms with Crippen molar-refractivity contribution in [3.8, 4) is 22.8 Å². The molecule has 5 aromatic rings. The van der Waals surface area contributed by atoms with E-state index in [1.54, 1.807) is 12.1 Å². The minimum atomic E-state index is -5.08. The summed E-state index contributed by atoms with van der Waals surface area (Å²) in [5, 5.41) is 15.3. The summed E-state index contributed by atoms with van der Waals surface area (Å²) in [5.41, 5.74) is 10.5. The predicted molar refractivity (Wildman–Crippen MR) is 243 cm³/mol. The van der Waals surface area contributed by atoms with Gasteiger partial charge < -0.3 is 25.4 Å². The van der Waals surface area contributed by atoms with E-state index in [4.69, 9.17) is 25.5 Å². The number of carboxylic acids is 1. The molecule has 10 rings (SSSR count). The zero-order chi connectivity index (χ0) is 47.7. The van der Waals surface area contributed by atoms with Crippen LogP contribution in [0.15, 0.2) is 79.1 Å². The number of benzene rings is 3.